The molecule has 0 bridgehead atoms. The van der Waals surface area contributed by atoms with E-state index >= 15 is 0 Å². The van der Waals surface area contributed by atoms with Gasteiger partial charge in [-0.1, -0.05) is 24.3 Å². The summed E-state index contributed by atoms with van der Waals surface area (Å²) in [5.74, 6) is 0. The van der Waals surface area contributed by atoms with Gasteiger partial charge in [0, 0.05) is 6.04 Å². The first-order chi connectivity index (χ1) is 8.23. The molecule has 1 aromatic rings. The summed E-state index contributed by atoms with van der Waals surface area (Å²) in [6.45, 7) is 10.2. The molecule has 0 unspecified atom stereocenters. The zero-order chi connectivity index (χ0) is 13.6. The minimum absolute atomic E-state index is 0. The van der Waals surface area contributed by atoms with E-state index in [-0.39, 0.29) is 36.8 Å². The fourth-order valence-corrected chi connectivity index (χ4v) is 1.94. The van der Waals surface area contributed by atoms with E-state index < -0.39 is 0 Å². The van der Waals surface area contributed by atoms with Gasteiger partial charge in [-0.15, -0.1) is 12.4 Å². The van der Waals surface area contributed by atoms with E-state index in [0.717, 1.165) is 11.0 Å². The van der Waals surface area contributed by atoms with Crippen LogP contribution in [0.1, 0.15) is 46.2 Å². The van der Waals surface area contributed by atoms with Gasteiger partial charge >= 0.3 is 7.12 Å². The summed E-state index contributed by atoms with van der Waals surface area (Å²) in [6.07, 6.45) is 0. The summed E-state index contributed by atoms with van der Waals surface area (Å²) < 4.78 is 12.0. The molecule has 1 fully saturated rings. The quantitative estimate of drug-likeness (QED) is 0.848. The monoisotopic (exact) mass is 283 g/mol. The molecule has 3 nitrogen and oxygen atoms in total. The largest absolute Gasteiger partial charge is 0.494 e. The average Bonchev–Trinajstić information content (AvgIpc) is 2.48. The molecule has 1 aliphatic heterocycles. The Morgan fingerprint density at radius 2 is 1.42 bits per heavy atom. The van der Waals surface area contributed by atoms with Crippen molar-refractivity contribution in [2.45, 2.75) is 51.9 Å². The molecule has 1 aliphatic rings. The van der Waals surface area contributed by atoms with E-state index in [1.54, 1.807) is 0 Å². The molecule has 1 saturated heterocycles. The van der Waals surface area contributed by atoms with E-state index in [1.165, 1.54) is 0 Å². The van der Waals surface area contributed by atoms with Crippen molar-refractivity contribution in [1.29, 1.82) is 0 Å². The van der Waals surface area contributed by atoms with Crippen molar-refractivity contribution in [1.82, 2.24) is 0 Å². The van der Waals surface area contributed by atoms with Gasteiger partial charge in [0.1, 0.15) is 0 Å². The second kappa shape index (κ2) is 5.45. The zero-order valence-electron chi connectivity index (χ0n) is 12.3. The highest BCUT2D eigenvalue weighted by molar-refractivity contribution is 6.62. The molecule has 2 rings (SSSR count). The molecular formula is C14H23BClNO2. The maximum absolute atomic E-state index is 6.00. The minimum atomic E-state index is -0.294. The number of nitrogens with two attached hydrogens (primary N) is 1. The third kappa shape index (κ3) is 3.14. The Labute approximate surface area is 122 Å². The molecule has 0 radical (unpaired) electrons. The van der Waals surface area contributed by atoms with E-state index in [9.17, 15) is 0 Å². The van der Waals surface area contributed by atoms with Crippen LogP contribution in [0.5, 0.6) is 0 Å². The first-order valence-electron chi connectivity index (χ1n) is 6.44. The van der Waals surface area contributed by atoms with Crippen LogP contribution in [0.3, 0.4) is 0 Å². The van der Waals surface area contributed by atoms with Crippen molar-refractivity contribution in [3.63, 3.8) is 0 Å². The molecular weight excluding hydrogens is 260 g/mol. The van der Waals surface area contributed by atoms with Crippen LogP contribution in [0, 0.1) is 0 Å². The third-order valence-corrected chi connectivity index (χ3v) is 3.99. The smallest absolute Gasteiger partial charge is 0.399 e. The number of hydrogen-bond donors (Lipinski definition) is 1. The third-order valence-electron chi connectivity index (χ3n) is 3.99. The number of rotatable bonds is 2. The van der Waals surface area contributed by atoms with Gasteiger partial charge in [0.05, 0.1) is 11.2 Å². The maximum Gasteiger partial charge on any atom is 0.494 e. The fraction of sp³-hybridized carbons (Fsp3) is 0.571. The summed E-state index contributed by atoms with van der Waals surface area (Å²) in [5.41, 5.74) is 7.41. The Balaban J connectivity index is 0.00000180. The van der Waals surface area contributed by atoms with E-state index in [2.05, 4.69) is 27.7 Å². The molecule has 0 spiro atoms. The highest BCUT2D eigenvalue weighted by Crippen LogP contribution is 2.36. The van der Waals surface area contributed by atoms with Gasteiger partial charge in [0.2, 0.25) is 0 Å². The van der Waals surface area contributed by atoms with Crippen molar-refractivity contribution >= 4 is 25.0 Å². The van der Waals surface area contributed by atoms with E-state index in [0.29, 0.717) is 0 Å². The molecule has 0 saturated carbocycles. The molecule has 19 heavy (non-hydrogen) atoms. The Hall–Kier alpha value is -0.545. The van der Waals surface area contributed by atoms with Crippen LogP contribution in [0.15, 0.2) is 24.3 Å². The van der Waals surface area contributed by atoms with Crippen molar-refractivity contribution in [2.75, 3.05) is 0 Å². The molecule has 2 N–H and O–H groups in total. The Morgan fingerprint density at radius 3 is 1.79 bits per heavy atom. The molecule has 1 atom stereocenters. The molecule has 0 amide bonds. The normalized spacial score (nSPS) is 21.9. The second-order valence-electron chi connectivity index (χ2n) is 6.04. The lowest BCUT2D eigenvalue weighted by atomic mass is 9.78. The summed E-state index contributed by atoms with van der Waals surface area (Å²) in [6, 6.07) is 8.18. The van der Waals surface area contributed by atoms with E-state index in [1.807, 2.05) is 31.2 Å². The standard InChI is InChI=1S/C14H22BNO2.ClH/c1-10(16)11-6-8-12(9-7-11)15-17-13(2,3)14(4,5)18-15;/h6-10H,16H2,1-5H3;1H/t10-;/m0./s1. The summed E-state index contributed by atoms with van der Waals surface area (Å²) in [4.78, 5) is 0. The predicted molar refractivity (Wildman–Crippen MR) is 82.0 cm³/mol. The highest BCUT2D eigenvalue weighted by atomic mass is 35.5. The second-order valence-corrected chi connectivity index (χ2v) is 6.04. The van der Waals surface area contributed by atoms with Gasteiger partial charge in [0.15, 0.2) is 0 Å². The topological polar surface area (TPSA) is 44.5 Å². The first kappa shape index (κ1) is 16.5. The van der Waals surface area contributed by atoms with Crippen LogP contribution in [0.2, 0.25) is 0 Å². The number of halogens is 1. The van der Waals surface area contributed by atoms with Gasteiger partial charge in [-0.3, -0.25) is 0 Å². The van der Waals surface area contributed by atoms with Crippen LogP contribution in [0.4, 0.5) is 0 Å². The Kier molecular flexibility index (Phi) is 4.73. The summed E-state index contributed by atoms with van der Waals surface area (Å²) in [7, 11) is -0.294. The predicted octanol–water partition coefficient (Wildman–Crippen LogP) is 2.43. The summed E-state index contributed by atoms with van der Waals surface area (Å²) >= 11 is 0. The van der Waals surface area contributed by atoms with Crippen LogP contribution < -0.4 is 11.2 Å². The average molecular weight is 284 g/mol. The van der Waals surface area contributed by atoms with E-state index in [4.69, 9.17) is 15.0 Å². The molecule has 0 aliphatic carbocycles. The molecule has 5 heteroatoms. The van der Waals surface area contributed by atoms with Crippen molar-refractivity contribution in [3.8, 4) is 0 Å². The zero-order valence-corrected chi connectivity index (χ0v) is 13.1. The first-order valence-corrected chi connectivity index (χ1v) is 6.44. The number of hydrogen-bond acceptors (Lipinski definition) is 3. The molecule has 1 aromatic carbocycles. The lowest BCUT2D eigenvalue weighted by molar-refractivity contribution is 0.00578. The van der Waals surface area contributed by atoms with Crippen molar-refractivity contribution < 1.29 is 9.31 Å². The maximum atomic E-state index is 6.00. The van der Waals surface area contributed by atoms with Crippen LogP contribution in [-0.2, 0) is 9.31 Å². The van der Waals surface area contributed by atoms with Gasteiger partial charge < -0.3 is 15.0 Å². The van der Waals surface area contributed by atoms with Crippen molar-refractivity contribution in [2.24, 2.45) is 5.73 Å². The minimum Gasteiger partial charge on any atom is -0.399 e. The summed E-state index contributed by atoms with van der Waals surface area (Å²) in [5, 5.41) is 0. The molecule has 0 aromatic heterocycles. The van der Waals surface area contributed by atoms with Gasteiger partial charge in [0.25, 0.3) is 0 Å². The van der Waals surface area contributed by atoms with Crippen molar-refractivity contribution in [3.05, 3.63) is 29.8 Å². The van der Waals surface area contributed by atoms with Gasteiger partial charge in [-0.2, -0.15) is 0 Å². The SMILES string of the molecule is C[C@H](N)c1ccc(B2OC(C)(C)C(C)(C)O2)cc1.Cl. The lowest BCUT2D eigenvalue weighted by Gasteiger charge is -2.32. The van der Waals surface area contributed by atoms with Crippen LogP contribution >= 0.6 is 12.4 Å². The Bertz CT molecular complexity index is 416. The lowest BCUT2D eigenvalue weighted by Crippen LogP contribution is -2.41. The van der Waals surface area contributed by atoms with Crippen LogP contribution in [-0.4, -0.2) is 18.3 Å². The Morgan fingerprint density at radius 1 is 1.00 bits per heavy atom. The number of benzene rings is 1. The van der Waals surface area contributed by atoms with Crippen LogP contribution in [0.25, 0.3) is 0 Å². The molecule has 106 valence electrons. The van der Waals surface area contributed by atoms with Gasteiger partial charge in [-0.25, -0.2) is 0 Å². The highest BCUT2D eigenvalue weighted by Gasteiger charge is 2.51. The fourth-order valence-electron chi connectivity index (χ4n) is 1.94. The molecule has 1 heterocycles. The van der Waals surface area contributed by atoms with Gasteiger partial charge in [-0.05, 0) is 45.6 Å².